The third-order valence-electron chi connectivity index (χ3n) is 4.96. The summed E-state index contributed by atoms with van der Waals surface area (Å²) in [5.41, 5.74) is 7.86. The number of carbonyl (C=O) groups excluding carboxylic acids is 1. The number of nitrogen functional groups attached to an aromatic ring is 1. The van der Waals surface area contributed by atoms with Crippen LogP contribution in [0, 0.1) is 0 Å². The maximum atomic E-state index is 12.7. The van der Waals surface area contributed by atoms with Gasteiger partial charge in [-0.2, -0.15) is 0 Å². The molecule has 1 aromatic carbocycles. The van der Waals surface area contributed by atoms with Gasteiger partial charge in [0.1, 0.15) is 5.75 Å². The molecule has 3 rings (SSSR count). The average Bonchev–Trinajstić information content (AvgIpc) is 3.10. The Labute approximate surface area is 165 Å². The fraction of sp³-hybridized carbons (Fsp3) is 0.611. The quantitative estimate of drug-likeness (QED) is 0.563. The first-order valence-corrected chi connectivity index (χ1v) is 9.23. The van der Waals surface area contributed by atoms with Crippen molar-refractivity contribution in [2.75, 3.05) is 45.7 Å². The van der Waals surface area contributed by atoms with Crippen LogP contribution in [0.4, 0.5) is 5.69 Å². The van der Waals surface area contributed by atoms with Crippen molar-refractivity contribution >= 4 is 35.6 Å². The normalized spacial score (nSPS) is 17.3. The van der Waals surface area contributed by atoms with Crippen molar-refractivity contribution in [2.45, 2.75) is 31.7 Å². The Morgan fingerprint density at radius 3 is 2.88 bits per heavy atom. The molecule has 8 heteroatoms. The minimum atomic E-state index is -0.127. The lowest BCUT2D eigenvalue weighted by atomic mass is 10.0. The number of benzene rings is 1. The zero-order chi connectivity index (χ0) is 17.8. The number of halogens is 2. The van der Waals surface area contributed by atoms with E-state index in [9.17, 15) is 4.79 Å². The summed E-state index contributed by atoms with van der Waals surface area (Å²) >= 11 is 6.19. The minimum absolute atomic E-state index is 0. The molecule has 3 N–H and O–H groups in total. The van der Waals surface area contributed by atoms with Crippen LogP contribution >= 0.6 is 24.0 Å². The van der Waals surface area contributed by atoms with E-state index >= 15 is 0 Å². The summed E-state index contributed by atoms with van der Waals surface area (Å²) in [7, 11) is 1.73. The number of piperidine rings is 1. The molecule has 0 aliphatic carbocycles. The molecule has 0 aromatic heterocycles. The molecule has 0 unspecified atom stereocenters. The first-order chi connectivity index (χ1) is 12.1. The van der Waals surface area contributed by atoms with Crippen LogP contribution in [0.3, 0.4) is 0 Å². The molecular weight excluding hydrogens is 377 g/mol. The molecule has 0 bridgehead atoms. The van der Waals surface area contributed by atoms with E-state index < -0.39 is 0 Å². The Morgan fingerprint density at radius 2 is 2.19 bits per heavy atom. The van der Waals surface area contributed by atoms with Gasteiger partial charge in [0.25, 0.3) is 5.91 Å². The highest BCUT2D eigenvalue weighted by molar-refractivity contribution is 6.33. The second-order valence-electron chi connectivity index (χ2n) is 6.66. The van der Waals surface area contributed by atoms with Crippen molar-refractivity contribution in [2.24, 2.45) is 0 Å². The van der Waals surface area contributed by atoms with E-state index in [1.807, 2.05) is 0 Å². The Bertz CT molecular complexity index is 635. The van der Waals surface area contributed by atoms with Gasteiger partial charge in [0.05, 0.1) is 22.9 Å². The van der Waals surface area contributed by atoms with Gasteiger partial charge in [-0.25, -0.2) is 0 Å². The van der Waals surface area contributed by atoms with E-state index in [0.717, 1.165) is 51.1 Å². The van der Waals surface area contributed by atoms with Gasteiger partial charge in [0.2, 0.25) is 0 Å². The number of ether oxygens (including phenoxy) is 2. The van der Waals surface area contributed by atoms with Crippen LogP contribution in [-0.4, -0.2) is 56.8 Å². The van der Waals surface area contributed by atoms with Crippen LogP contribution in [0.15, 0.2) is 6.07 Å². The Balaban J connectivity index is 0.00000243. The fourth-order valence-electron chi connectivity index (χ4n) is 3.53. The van der Waals surface area contributed by atoms with Crippen LogP contribution < -0.4 is 15.8 Å². The molecule has 2 aliphatic heterocycles. The summed E-state index contributed by atoms with van der Waals surface area (Å²) in [4.78, 5) is 15.1. The summed E-state index contributed by atoms with van der Waals surface area (Å²) < 4.78 is 10.7. The number of fused-ring (bicyclic) bond motifs is 1. The summed E-state index contributed by atoms with van der Waals surface area (Å²) in [5.74, 6) is 0.467. The van der Waals surface area contributed by atoms with E-state index in [4.69, 9.17) is 26.8 Å². The lowest BCUT2D eigenvalue weighted by Gasteiger charge is -2.32. The van der Waals surface area contributed by atoms with Crippen LogP contribution in [0.2, 0.25) is 5.02 Å². The number of rotatable bonds is 6. The van der Waals surface area contributed by atoms with Crippen molar-refractivity contribution in [1.29, 1.82) is 0 Å². The zero-order valence-electron chi connectivity index (χ0n) is 15.1. The minimum Gasteiger partial charge on any atom is -0.492 e. The van der Waals surface area contributed by atoms with Gasteiger partial charge in [-0.05, 0) is 25.3 Å². The summed E-state index contributed by atoms with van der Waals surface area (Å²) in [6.45, 7) is 4.36. The number of anilines is 1. The number of amides is 1. The predicted molar refractivity (Wildman–Crippen MR) is 106 cm³/mol. The number of nitrogens with zero attached hydrogens (tertiary/aromatic N) is 1. The SMILES string of the molecule is COCCCN1CCC(NC(=O)c2cc(Cl)c(N)c3c2OCC3)CC1.Cl. The van der Waals surface area contributed by atoms with Crippen LogP contribution in [-0.2, 0) is 11.2 Å². The van der Waals surface area contributed by atoms with Gasteiger partial charge in [-0.1, -0.05) is 11.6 Å². The standard InChI is InChI=1S/C18H26ClN3O3.ClH/c1-24-9-2-6-22-7-3-12(4-8-22)21-18(23)14-11-15(19)16(20)13-5-10-25-17(13)14;/h11-12H,2-10,20H2,1H3,(H,21,23);1H. The lowest BCUT2D eigenvalue weighted by molar-refractivity contribution is 0.0904. The molecule has 146 valence electrons. The number of nitrogens with two attached hydrogens (primary N) is 1. The molecule has 1 fully saturated rings. The Kier molecular flexibility index (Phi) is 7.83. The maximum Gasteiger partial charge on any atom is 0.255 e. The summed E-state index contributed by atoms with van der Waals surface area (Å²) in [6, 6.07) is 1.80. The molecule has 1 aromatic rings. The predicted octanol–water partition coefficient (Wildman–Crippen LogP) is 2.51. The molecule has 2 aliphatic rings. The highest BCUT2D eigenvalue weighted by atomic mass is 35.5. The number of likely N-dealkylation sites (tertiary alicyclic amines) is 1. The molecule has 26 heavy (non-hydrogen) atoms. The second-order valence-corrected chi connectivity index (χ2v) is 7.07. The van der Waals surface area contributed by atoms with E-state index in [1.165, 1.54) is 0 Å². The van der Waals surface area contributed by atoms with Gasteiger partial charge >= 0.3 is 0 Å². The first-order valence-electron chi connectivity index (χ1n) is 8.86. The van der Waals surface area contributed by atoms with Crippen LogP contribution in [0.25, 0.3) is 0 Å². The molecule has 0 atom stereocenters. The van der Waals surface area contributed by atoms with Crippen molar-refractivity contribution < 1.29 is 14.3 Å². The molecule has 2 heterocycles. The fourth-order valence-corrected chi connectivity index (χ4v) is 3.76. The zero-order valence-corrected chi connectivity index (χ0v) is 16.6. The number of hydrogen-bond donors (Lipinski definition) is 2. The smallest absolute Gasteiger partial charge is 0.255 e. The number of methoxy groups -OCH3 is 1. The molecule has 0 radical (unpaired) electrons. The van der Waals surface area contributed by atoms with Gasteiger partial charge in [-0.3, -0.25) is 4.79 Å². The Hall–Kier alpha value is -1.21. The van der Waals surface area contributed by atoms with Crippen LogP contribution in [0.1, 0.15) is 35.2 Å². The highest BCUT2D eigenvalue weighted by Gasteiger charge is 2.27. The molecule has 1 amide bonds. The third-order valence-corrected chi connectivity index (χ3v) is 5.27. The number of hydrogen-bond acceptors (Lipinski definition) is 5. The van der Waals surface area contributed by atoms with E-state index in [0.29, 0.717) is 35.1 Å². The number of nitrogens with one attached hydrogen (secondary N) is 1. The van der Waals surface area contributed by atoms with Gasteiger partial charge in [-0.15, -0.1) is 12.4 Å². The summed E-state index contributed by atoms with van der Waals surface area (Å²) in [5, 5.41) is 3.55. The molecule has 0 saturated carbocycles. The molecule has 6 nitrogen and oxygen atoms in total. The Morgan fingerprint density at radius 1 is 1.46 bits per heavy atom. The summed E-state index contributed by atoms with van der Waals surface area (Å²) in [6.07, 6.45) is 3.64. The molecular formula is C18H27Cl2N3O3. The van der Waals surface area contributed by atoms with E-state index in [-0.39, 0.29) is 24.4 Å². The monoisotopic (exact) mass is 403 g/mol. The van der Waals surface area contributed by atoms with Crippen LogP contribution in [0.5, 0.6) is 5.75 Å². The van der Waals surface area contributed by atoms with E-state index in [1.54, 1.807) is 13.2 Å². The third kappa shape index (κ3) is 4.74. The van der Waals surface area contributed by atoms with Gasteiger partial charge < -0.3 is 25.4 Å². The van der Waals surface area contributed by atoms with Gasteiger partial charge in [0, 0.05) is 51.4 Å². The lowest BCUT2D eigenvalue weighted by Crippen LogP contribution is -2.45. The van der Waals surface area contributed by atoms with Crippen molar-refractivity contribution in [3.05, 3.63) is 22.2 Å². The van der Waals surface area contributed by atoms with E-state index in [2.05, 4.69) is 10.2 Å². The topological polar surface area (TPSA) is 76.8 Å². The number of carbonyl (C=O) groups is 1. The largest absolute Gasteiger partial charge is 0.492 e. The van der Waals surface area contributed by atoms with Crippen molar-refractivity contribution in [3.8, 4) is 5.75 Å². The molecule has 0 spiro atoms. The molecule has 1 saturated heterocycles. The van der Waals surface area contributed by atoms with Gasteiger partial charge in [0.15, 0.2) is 0 Å². The first kappa shape index (κ1) is 21.1. The van der Waals surface area contributed by atoms with Crippen molar-refractivity contribution in [3.63, 3.8) is 0 Å². The highest BCUT2D eigenvalue weighted by Crippen LogP contribution is 2.38. The maximum absolute atomic E-state index is 12.7. The van der Waals surface area contributed by atoms with Crippen molar-refractivity contribution in [1.82, 2.24) is 10.2 Å². The average molecular weight is 404 g/mol. The second kappa shape index (κ2) is 9.65.